The summed E-state index contributed by atoms with van der Waals surface area (Å²) in [6.45, 7) is 0.714. The van der Waals surface area contributed by atoms with E-state index in [0.29, 0.717) is 36.0 Å². The lowest BCUT2D eigenvalue weighted by Gasteiger charge is -2.17. The van der Waals surface area contributed by atoms with Crippen LogP contribution >= 0.6 is 0 Å². The monoisotopic (exact) mass is 487 g/mol. The maximum atomic E-state index is 12.6. The van der Waals surface area contributed by atoms with Crippen LogP contribution in [0.15, 0.2) is 78.9 Å². The molecular weight excluding hydrogens is 458 g/mol. The number of carbonyl (C=O) groups excluding carboxylic acids is 3. The first-order valence-electron chi connectivity index (χ1n) is 11.8. The Hall–Kier alpha value is -4.33. The molecule has 8 nitrogen and oxygen atoms in total. The topological polar surface area (TPSA) is 97.0 Å². The van der Waals surface area contributed by atoms with E-state index >= 15 is 0 Å². The highest BCUT2D eigenvalue weighted by atomic mass is 16.5. The summed E-state index contributed by atoms with van der Waals surface area (Å²) in [5.41, 5.74) is 2.49. The fraction of sp³-hybridized carbons (Fsp3) is 0.250. The third kappa shape index (κ3) is 6.63. The van der Waals surface area contributed by atoms with Crippen LogP contribution in [0.5, 0.6) is 11.5 Å². The molecule has 0 unspecified atom stereocenters. The molecule has 186 valence electrons. The van der Waals surface area contributed by atoms with Crippen molar-refractivity contribution in [2.45, 2.75) is 12.8 Å². The average molecular weight is 488 g/mol. The number of anilines is 2. The van der Waals surface area contributed by atoms with Crippen LogP contribution < -0.4 is 25.0 Å². The molecule has 1 heterocycles. The number of amides is 3. The third-order valence-corrected chi connectivity index (χ3v) is 5.94. The number of hydrogen-bond donors (Lipinski definition) is 2. The van der Waals surface area contributed by atoms with Gasteiger partial charge in [-0.05, 0) is 60.5 Å². The molecule has 0 aromatic heterocycles. The summed E-state index contributed by atoms with van der Waals surface area (Å²) in [7, 11) is 1.58. The van der Waals surface area contributed by atoms with E-state index in [9.17, 15) is 14.4 Å². The average Bonchev–Trinajstić information content (AvgIpc) is 3.30. The number of hydrogen-bond acceptors (Lipinski definition) is 5. The fourth-order valence-electron chi connectivity index (χ4n) is 3.99. The zero-order chi connectivity index (χ0) is 25.3. The maximum Gasteiger partial charge on any atom is 0.262 e. The number of methoxy groups -OCH3 is 1. The van der Waals surface area contributed by atoms with Gasteiger partial charge in [-0.25, -0.2) is 0 Å². The zero-order valence-corrected chi connectivity index (χ0v) is 20.1. The minimum absolute atomic E-state index is 0.0919. The molecule has 1 fully saturated rings. The second kappa shape index (κ2) is 11.9. The molecule has 3 aromatic rings. The second-order valence-corrected chi connectivity index (χ2v) is 8.49. The van der Waals surface area contributed by atoms with Crippen LogP contribution in [-0.2, 0) is 20.8 Å². The summed E-state index contributed by atoms with van der Waals surface area (Å²) in [5.74, 6) is 0.336. The van der Waals surface area contributed by atoms with Gasteiger partial charge in [-0.3, -0.25) is 14.4 Å². The van der Waals surface area contributed by atoms with Gasteiger partial charge in [0.05, 0.1) is 13.0 Å². The lowest BCUT2D eigenvalue weighted by molar-refractivity contribution is -0.126. The third-order valence-electron chi connectivity index (χ3n) is 5.94. The molecule has 4 rings (SSSR count). The molecule has 1 saturated heterocycles. The number of carbonyl (C=O) groups is 3. The molecule has 0 radical (unpaired) electrons. The van der Waals surface area contributed by atoms with Crippen molar-refractivity contribution in [3.8, 4) is 11.5 Å². The minimum atomic E-state index is -0.383. The number of nitrogens with zero attached hydrogens (tertiary/aromatic N) is 1. The summed E-state index contributed by atoms with van der Waals surface area (Å²) in [4.78, 5) is 38.9. The smallest absolute Gasteiger partial charge is 0.262 e. The number of rotatable bonds is 10. The van der Waals surface area contributed by atoms with Crippen LogP contribution in [0.1, 0.15) is 12.0 Å². The van der Waals surface area contributed by atoms with E-state index in [2.05, 4.69) is 10.6 Å². The molecule has 3 amide bonds. The van der Waals surface area contributed by atoms with Crippen LogP contribution in [-0.4, -0.2) is 44.5 Å². The van der Waals surface area contributed by atoms with Crippen LogP contribution in [0.2, 0.25) is 0 Å². The summed E-state index contributed by atoms with van der Waals surface area (Å²) in [5, 5.41) is 5.70. The first-order chi connectivity index (χ1) is 17.5. The number of nitrogens with one attached hydrogen (secondary N) is 2. The van der Waals surface area contributed by atoms with Crippen molar-refractivity contribution in [2.24, 2.45) is 5.92 Å². The van der Waals surface area contributed by atoms with Gasteiger partial charge in [0.2, 0.25) is 11.8 Å². The SMILES string of the molecule is COc1ccc(NC(=O)COc2ccc(N3C[C@@H](C(=O)NCCc4ccccc4)CC3=O)cc2)cc1. The van der Waals surface area contributed by atoms with Crippen LogP contribution in [0, 0.1) is 5.92 Å². The maximum absolute atomic E-state index is 12.6. The van der Waals surface area contributed by atoms with Crippen molar-refractivity contribution in [1.29, 1.82) is 0 Å². The van der Waals surface area contributed by atoms with Crippen LogP contribution in [0.25, 0.3) is 0 Å². The van der Waals surface area contributed by atoms with Crippen molar-refractivity contribution < 1.29 is 23.9 Å². The van der Waals surface area contributed by atoms with E-state index in [4.69, 9.17) is 9.47 Å². The second-order valence-electron chi connectivity index (χ2n) is 8.49. The molecule has 2 N–H and O–H groups in total. The van der Waals surface area contributed by atoms with Crippen molar-refractivity contribution in [1.82, 2.24) is 5.32 Å². The van der Waals surface area contributed by atoms with Crippen LogP contribution in [0.4, 0.5) is 11.4 Å². The standard InChI is InChI=1S/C28H29N3O5/c1-35-24-11-7-22(8-12-24)30-26(32)19-36-25-13-9-23(10-14-25)31-18-21(17-27(31)33)28(34)29-16-15-20-5-3-2-4-6-20/h2-14,21H,15-19H2,1H3,(H,29,34)(H,30,32)/t21-/m0/s1. The lowest BCUT2D eigenvalue weighted by Crippen LogP contribution is -2.34. The van der Waals surface area contributed by atoms with Gasteiger partial charge in [0.15, 0.2) is 6.61 Å². The highest BCUT2D eigenvalue weighted by molar-refractivity contribution is 6.00. The molecule has 36 heavy (non-hydrogen) atoms. The van der Waals surface area contributed by atoms with Gasteiger partial charge in [0.1, 0.15) is 11.5 Å². The quantitative estimate of drug-likeness (QED) is 0.457. The first-order valence-corrected chi connectivity index (χ1v) is 11.8. The van der Waals surface area contributed by atoms with E-state index in [0.717, 1.165) is 12.0 Å². The van der Waals surface area contributed by atoms with E-state index in [-0.39, 0.29) is 36.7 Å². The summed E-state index contributed by atoms with van der Waals surface area (Å²) >= 11 is 0. The largest absolute Gasteiger partial charge is 0.497 e. The Morgan fingerprint density at radius 1 is 0.944 bits per heavy atom. The Morgan fingerprint density at radius 2 is 1.64 bits per heavy atom. The van der Waals surface area contributed by atoms with Crippen LogP contribution in [0.3, 0.4) is 0 Å². The van der Waals surface area contributed by atoms with E-state index < -0.39 is 0 Å². The Kier molecular flexibility index (Phi) is 8.18. The summed E-state index contributed by atoms with van der Waals surface area (Å²) in [6.07, 6.45) is 0.928. The molecule has 1 aliphatic heterocycles. The van der Waals surface area contributed by atoms with Crippen molar-refractivity contribution in [2.75, 3.05) is 37.0 Å². The predicted molar refractivity (Wildman–Crippen MR) is 137 cm³/mol. The fourth-order valence-corrected chi connectivity index (χ4v) is 3.99. The van der Waals surface area contributed by atoms with E-state index in [1.165, 1.54) is 0 Å². The normalized spacial score (nSPS) is 14.9. The van der Waals surface area contributed by atoms with Gasteiger partial charge in [-0.15, -0.1) is 0 Å². The molecule has 1 aliphatic rings. The molecule has 0 spiro atoms. The van der Waals surface area contributed by atoms with Crippen molar-refractivity contribution >= 4 is 29.1 Å². The Balaban J connectivity index is 1.23. The van der Waals surface area contributed by atoms with Gasteiger partial charge in [0, 0.05) is 30.9 Å². The highest BCUT2D eigenvalue weighted by Crippen LogP contribution is 2.27. The Labute approximate surface area is 210 Å². The molecular formula is C28H29N3O5. The molecule has 8 heteroatoms. The first kappa shape index (κ1) is 24.8. The number of ether oxygens (including phenoxy) is 2. The molecule has 0 aliphatic carbocycles. The van der Waals surface area contributed by atoms with E-state index in [1.54, 1.807) is 60.5 Å². The predicted octanol–water partition coefficient (Wildman–Crippen LogP) is 3.42. The minimum Gasteiger partial charge on any atom is -0.497 e. The summed E-state index contributed by atoms with van der Waals surface area (Å²) < 4.78 is 10.7. The van der Waals surface area contributed by atoms with E-state index in [1.807, 2.05) is 30.3 Å². The van der Waals surface area contributed by atoms with Gasteiger partial charge in [-0.2, -0.15) is 0 Å². The Morgan fingerprint density at radius 3 is 2.33 bits per heavy atom. The van der Waals surface area contributed by atoms with Crippen molar-refractivity contribution in [3.05, 3.63) is 84.4 Å². The van der Waals surface area contributed by atoms with Crippen molar-refractivity contribution in [3.63, 3.8) is 0 Å². The number of benzene rings is 3. The van der Waals surface area contributed by atoms with Gasteiger partial charge in [-0.1, -0.05) is 30.3 Å². The molecule has 1 atom stereocenters. The summed E-state index contributed by atoms with van der Waals surface area (Å²) in [6, 6.07) is 23.9. The zero-order valence-electron chi connectivity index (χ0n) is 20.1. The Bertz CT molecular complexity index is 1180. The van der Waals surface area contributed by atoms with Gasteiger partial charge >= 0.3 is 0 Å². The molecule has 0 saturated carbocycles. The lowest BCUT2D eigenvalue weighted by atomic mass is 10.1. The highest BCUT2D eigenvalue weighted by Gasteiger charge is 2.34. The molecule has 3 aromatic carbocycles. The molecule has 0 bridgehead atoms. The van der Waals surface area contributed by atoms with Gasteiger partial charge < -0.3 is 25.0 Å². The van der Waals surface area contributed by atoms with Gasteiger partial charge in [0.25, 0.3) is 5.91 Å².